The molecule has 0 unspecified atom stereocenters. The van der Waals surface area contributed by atoms with Crippen molar-refractivity contribution in [1.29, 1.82) is 0 Å². The summed E-state index contributed by atoms with van der Waals surface area (Å²) in [5.74, 6) is 0.492. The van der Waals surface area contributed by atoms with E-state index in [1.54, 1.807) is 18.2 Å². The normalized spacial score (nSPS) is 18.1. The van der Waals surface area contributed by atoms with Crippen LogP contribution in [0.1, 0.15) is 0 Å². The van der Waals surface area contributed by atoms with Gasteiger partial charge in [-0.25, -0.2) is 16.8 Å². The number of nitro benzene ring substituents is 1. The number of alkyl halides is 2. The van der Waals surface area contributed by atoms with Crippen molar-refractivity contribution in [3.05, 3.63) is 82.9 Å². The molecule has 196 valence electrons. The van der Waals surface area contributed by atoms with Crippen LogP contribution in [0.4, 0.5) is 17.1 Å². The third-order valence-corrected chi connectivity index (χ3v) is 11.1. The van der Waals surface area contributed by atoms with Gasteiger partial charge in [-0.3, -0.25) is 18.7 Å². The molecule has 0 N–H and O–H groups in total. The predicted octanol–water partition coefficient (Wildman–Crippen LogP) is 4.53. The lowest BCUT2D eigenvalue weighted by molar-refractivity contribution is -0.384. The van der Waals surface area contributed by atoms with Crippen LogP contribution in [0.25, 0.3) is 0 Å². The van der Waals surface area contributed by atoms with Crippen LogP contribution in [0.5, 0.6) is 5.75 Å². The molecule has 0 fully saturated rings. The predicted molar refractivity (Wildman–Crippen MR) is 147 cm³/mol. The maximum atomic E-state index is 14.0. The number of hydrogen-bond donors (Lipinski definition) is 0. The van der Waals surface area contributed by atoms with Gasteiger partial charge in [0.15, 0.2) is 0 Å². The molecule has 3 aromatic carbocycles. The van der Waals surface area contributed by atoms with E-state index in [0.29, 0.717) is 5.75 Å². The van der Waals surface area contributed by atoms with Crippen LogP contribution in [-0.4, -0.2) is 51.6 Å². The number of methoxy groups -OCH3 is 1. The van der Waals surface area contributed by atoms with Gasteiger partial charge in [-0.2, -0.15) is 0 Å². The molecule has 1 aliphatic rings. The van der Waals surface area contributed by atoms with Gasteiger partial charge < -0.3 is 4.74 Å². The van der Waals surface area contributed by atoms with Crippen molar-refractivity contribution in [3.63, 3.8) is 0 Å². The Bertz CT molecular complexity index is 1520. The highest BCUT2D eigenvalue weighted by Gasteiger charge is 2.43. The van der Waals surface area contributed by atoms with E-state index in [1.807, 2.05) is 0 Å². The average Bonchev–Trinajstić information content (AvgIpc) is 3.03. The number of nitro groups is 1. The van der Waals surface area contributed by atoms with Crippen molar-refractivity contribution in [1.82, 2.24) is 0 Å². The molecule has 0 radical (unpaired) electrons. The molecule has 10 nitrogen and oxygen atoms in total. The van der Waals surface area contributed by atoms with E-state index in [4.69, 9.17) is 4.74 Å². The summed E-state index contributed by atoms with van der Waals surface area (Å²) in [6, 6.07) is 16.1. The number of sulfonamides is 2. The van der Waals surface area contributed by atoms with Crippen LogP contribution < -0.4 is 13.3 Å². The molecule has 37 heavy (non-hydrogen) atoms. The first-order valence-electron chi connectivity index (χ1n) is 10.8. The number of benzene rings is 3. The smallest absolute Gasteiger partial charge is 0.269 e. The largest absolute Gasteiger partial charge is 0.497 e. The molecule has 0 aromatic heterocycles. The van der Waals surface area contributed by atoms with E-state index in [1.165, 1.54) is 41.7 Å². The number of halogens is 2. The fourth-order valence-electron chi connectivity index (χ4n) is 3.99. The molecular formula is C23H21Br2N3O7S2. The lowest BCUT2D eigenvalue weighted by Crippen LogP contribution is -2.47. The van der Waals surface area contributed by atoms with E-state index >= 15 is 0 Å². The monoisotopic (exact) mass is 673 g/mol. The average molecular weight is 675 g/mol. The second-order valence-electron chi connectivity index (χ2n) is 7.99. The van der Waals surface area contributed by atoms with Crippen molar-refractivity contribution in [2.24, 2.45) is 0 Å². The molecule has 0 saturated carbocycles. The van der Waals surface area contributed by atoms with Crippen LogP contribution in [0.3, 0.4) is 0 Å². The topological polar surface area (TPSA) is 127 Å². The van der Waals surface area contributed by atoms with E-state index in [9.17, 15) is 26.9 Å². The summed E-state index contributed by atoms with van der Waals surface area (Å²) in [5.41, 5.74) is 0.0886. The maximum Gasteiger partial charge on any atom is 0.269 e. The van der Waals surface area contributed by atoms with Crippen LogP contribution >= 0.6 is 31.9 Å². The van der Waals surface area contributed by atoms with Crippen molar-refractivity contribution in [3.8, 4) is 5.75 Å². The Morgan fingerprint density at radius 3 is 2.00 bits per heavy atom. The van der Waals surface area contributed by atoms with E-state index < -0.39 is 35.8 Å². The fourth-order valence-corrected chi connectivity index (χ4v) is 9.69. The lowest BCUT2D eigenvalue weighted by atomic mass is 10.2. The number of hydrogen-bond acceptors (Lipinski definition) is 7. The second-order valence-corrected chi connectivity index (χ2v) is 13.5. The second kappa shape index (κ2) is 10.6. The summed E-state index contributed by atoms with van der Waals surface area (Å²) in [7, 11) is -6.89. The number of ether oxygens (including phenoxy) is 1. The molecule has 0 saturated heterocycles. The summed E-state index contributed by atoms with van der Waals surface area (Å²) in [5, 5.41) is 11.2. The highest BCUT2D eigenvalue weighted by Crippen LogP contribution is 2.42. The van der Waals surface area contributed by atoms with E-state index in [-0.39, 0.29) is 38.7 Å². The van der Waals surface area contributed by atoms with Crippen molar-refractivity contribution < 1.29 is 26.5 Å². The summed E-state index contributed by atoms with van der Waals surface area (Å²) in [4.78, 5) is 9.65. The molecule has 2 atom stereocenters. The highest BCUT2D eigenvalue weighted by molar-refractivity contribution is 9.10. The van der Waals surface area contributed by atoms with E-state index in [2.05, 4.69) is 31.9 Å². The van der Waals surface area contributed by atoms with Gasteiger partial charge in [-0.1, -0.05) is 44.0 Å². The van der Waals surface area contributed by atoms with Gasteiger partial charge in [0, 0.05) is 24.0 Å². The molecule has 1 heterocycles. The first kappa shape index (κ1) is 27.4. The third kappa shape index (κ3) is 5.07. The van der Waals surface area contributed by atoms with Crippen LogP contribution in [0.2, 0.25) is 0 Å². The maximum absolute atomic E-state index is 14.0. The molecule has 14 heteroatoms. The zero-order valence-corrected chi connectivity index (χ0v) is 24.1. The standard InChI is InChI=1S/C23H21Br2N3O7S2/c1-35-17-8-12-19(13-9-17)37(33,34)27-22-5-3-2-4-21(22)26(15-20(25)23(27)14-24)36(31,32)18-10-6-16(7-11-18)28(29)30/h2-13,20,23H,14-15H2,1H3/t20-,23-/m1/s1. The molecule has 0 amide bonds. The quantitative estimate of drug-likeness (QED) is 0.205. The first-order chi connectivity index (χ1) is 17.5. The molecule has 1 aliphatic heterocycles. The van der Waals surface area contributed by atoms with Crippen molar-refractivity contribution >= 4 is 69.0 Å². The van der Waals surface area contributed by atoms with Gasteiger partial charge in [-0.05, 0) is 48.5 Å². The summed E-state index contributed by atoms with van der Waals surface area (Å²) < 4.78 is 62.9. The van der Waals surface area contributed by atoms with Gasteiger partial charge in [0.25, 0.3) is 25.7 Å². The zero-order chi connectivity index (χ0) is 27.0. The number of fused-ring (bicyclic) bond motifs is 1. The summed E-state index contributed by atoms with van der Waals surface area (Å²) >= 11 is 6.95. The SMILES string of the molecule is COc1ccc(S(=O)(=O)N2c3ccccc3N(S(=O)(=O)c3ccc([N+](=O)[O-])cc3)C[C@@H](Br)[C@H]2CBr)cc1. The summed E-state index contributed by atoms with van der Waals surface area (Å²) in [6.07, 6.45) is 0. The molecule has 0 spiro atoms. The molecule has 0 bridgehead atoms. The van der Waals surface area contributed by atoms with E-state index in [0.717, 1.165) is 28.6 Å². The lowest BCUT2D eigenvalue weighted by Gasteiger charge is -2.32. The highest BCUT2D eigenvalue weighted by atomic mass is 79.9. The van der Waals surface area contributed by atoms with Crippen molar-refractivity contribution in [2.45, 2.75) is 20.7 Å². The van der Waals surface area contributed by atoms with Crippen LogP contribution in [-0.2, 0) is 20.0 Å². The van der Waals surface area contributed by atoms with Crippen molar-refractivity contribution in [2.75, 3.05) is 27.6 Å². The third-order valence-electron chi connectivity index (χ3n) is 5.86. The number of non-ortho nitro benzene ring substituents is 1. The number of para-hydroxylation sites is 2. The van der Waals surface area contributed by atoms with Crippen LogP contribution in [0.15, 0.2) is 82.6 Å². The number of rotatable bonds is 7. The molecule has 4 rings (SSSR count). The van der Waals surface area contributed by atoms with Gasteiger partial charge in [-0.15, -0.1) is 0 Å². The zero-order valence-electron chi connectivity index (χ0n) is 19.3. The van der Waals surface area contributed by atoms with Gasteiger partial charge in [0.1, 0.15) is 5.75 Å². The Labute approximate surface area is 231 Å². The fraction of sp³-hybridized carbons (Fsp3) is 0.217. The Morgan fingerprint density at radius 2 is 1.46 bits per heavy atom. The molecule has 0 aliphatic carbocycles. The number of anilines is 2. The van der Waals surface area contributed by atoms with Gasteiger partial charge in [0.05, 0.1) is 44.1 Å². The molecule has 3 aromatic rings. The Balaban J connectivity index is 1.88. The summed E-state index contributed by atoms with van der Waals surface area (Å²) in [6.45, 7) is -0.0960. The Kier molecular flexibility index (Phi) is 7.83. The number of nitrogens with zero attached hydrogens (tertiary/aromatic N) is 3. The molecular weight excluding hydrogens is 654 g/mol. The van der Waals surface area contributed by atoms with Gasteiger partial charge in [0.2, 0.25) is 0 Å². The first-order valence-corrected chi connectivity index (χ1v) is 15.7. The van der Waals surface area contributed by atoms with Crippen LogP contribution in [0, 0.1) is 10.1 Å². The Hall–Kier alpha value is -2.68. The minimum atomic E-state index is -4.22. The minimum absolute atomic E-state index is 0.0143. The van der Waals surface area contributed by atoms with Gasteiger partial charge >= 0.3 is 0 Å². The Morgan fingerprint density at radius 1 is 0.919 bits per heavy atom. The minimum Gasteiger partial charge on any atom is -0.497 e.